The van der Waals surface area contributed by atoms with Crippen molar-refractivity contribution in [2.45, 2.75) is 58.0 Å². The van der Waals surface area contributed by atoms with Crippen LogP contribution < -0.4 is 0 Å². The van der Waals surface area contributed by atoms with Gasteiger partial charge in [0, 0.05) is 0 Å². The van der Waals surface area contributed by atoms with Crippen LogP contribution in [0.2, 0.25) is 0 Å². The molecule has 2 aliphatic carbocycles. The summed E-state index contributed by atoms with van der Waals surface area (Å²) in [6.45, 7) is 2.29. The average molecular weight is 184 g/mol. The number of alkyl halides is 1. The minimum absolute atomic E-state index is 0.428. The lowest BCUT2D eigenvalue weighted by molar-refractivity contribution is 0.336. The Bertz CT molecular complexity index is 167. The molecule has 0 aliphatic heterocycles. The molecule has 13 heavy (non-hydrogen) atoms. The summed E-state index contributed by atoms with van der Waals surface area (Å²) in [7, 11) is 0. The lowest BCUT2D eigenvalue weighted by atomic mass is 9.93. The first-order valence-electron chi connectivity index (χ1n) is 5.95. The van der Waals surface area contributed by atoms with E-state index >= 15 is 0 Å². The predicted octanol–water partition coefficient (Wildman–Crippen LogP) is 3.95. The van der Waals surface area contributed by atoms with E-state index in [1.165, 1.54) is 38.5 Å². The van der Waals surface area contributed by atoms with Crippen LogP contribution in [0.4, 0.5) is 4.39 Å². The van der Waals surface area contributed by atoms with Gasteiger partial charge in [0.25, 0.3) is 0 Å². The summed E-state index contributed by atoms with van der Waals surface area (Å²) in [4.78, 5) is 0. The monoisotopic (exact) mass is 184 g/mol. The summed E-state index contributed by atoms with van der Waals surface area (Å²) in [6, 6.07) is 0. The molecule has 0 aromatic heterocycles. The second-order valence-electron chi connectivity index (χ2n) is 4.96. The molecule has 2 saturated carbocycles. The first-order valence-corrected chi connectivity index (χ1v) is 5.95. The number of hydrogen-bond acceptors (Lipinski definition) is 0. The van der Waals surface area contributed by atoms with Gasteiger partial charge in [0.05, 0.1) is 0 Å². The minimum atomic E-state index is -0.428. The van der Waals surface area contributed by atoms with Gasteiger partial charge in [-0.1, -0.05) is 39.0 Å². The lowest BCUT2D eigenvalue weighted by Crippen LogP contribution is -2.03. The molecule has 2 aliphatic rings. The van der Waals surface area contributed by atoms with Crippen LogP contribution in [-0.2, 0) is 0 Å². The van der Waals surface area contributed by atoms with E-state index in [1.807, 2.05) is 0 Å². The molecule has 0 spiro atoms. The Morgan fingerprint density at radius 1 is 1.15 bits per heavy atom. The number of rotatable bonds is 2. The highest BCUT2D eigenvalue weighted by molar-refractivity contribution is 4.92. The Labute approximate surface area is 80.9 Å². The molecular weight excluding hydrogens is 163 g/mol. The van der Waals surface area contributed by atoms with Crippen molar-refractivity contribution in [2.24, 2.45) is 17.8 Å². The molecule has 0 radical (unpaired) electrons. The maximum atomic E-state index is 12.9. The quantitative estimate of drug-likeness (QED) is 0.570. The fourth-order valence-electron chi connectivity index (χ4n) is 2.91. The van der Waals surface area contributed by atoms with Crippen molar-refractivity contribution in [3.05, 3.63) is 0 Å². The Morgan fingerprint density at radius 3 is 2.54 bits per heavy atom. The summed E-state index contributed by atoms with van der Waals surface area (Å²) >= 11 is 0. The zero-order valence-corrected chi connectivity index (χ0v) is 8.64. The van der Waals surface area contributed by atoms with Crippen molar-refractivity contribution in [1.82, 2.24) is 0 Å². The summed E-state index contributed by atoms with van der Waals surface area (Å²) in [5.74, 6) is 2.16. The van der Waals surface area contributed by atoms with Gasteiger partial charge in [-0.2, -0.15) is 0 Å². The average Bonchev–Trinajstić information content (AvgIpc) is 2.87. The molecule has 2 fully saturated rings. The minimum Gasteiger partial charge on any atom is -0.247 e. The van der Waals surface area contributed by atoms with Crippen LogP contribution in [0.5, 0.6) is 0 Å². The predicted molar refractivity (Wildman–Crippen MR) is 53.4 cm³/mol. The maximum Gasteiger partial charge on any atom is 0.104 e. The summed E-state index contributed by atoms with van der Waals surface area (Å²) < 4.78 is 12.9. The smallest absolute Gasteiger partial charge is 0.104 e. The third-order valence-electron chi connectivity index (χ3n) is 4.07. The van der Waals surface area contributed by atoms with Crippen LogP contribution in [-0.4, -0.2) is 6.17 Å². The van der Waals surface area contributed by atoms with Gasteiger partial charge in [0.2, 0.25) is 0 Å². The van der Waals surface area contributed by atoms with Crippen molar-refractivity contribution in [3.63, 3.8) is 0 Å². The second-order valence-corrected chi connectivity index (χ2v) is 4.96. The standard InChI is InChI=1S/C12H21F/c1-2-9-4-3-5-10(7-6-9)11-8-12(11)13/h9-12H,2-8H2,1H3. The summed E-state index contributed by atoms with van der Waals surface area (Å²) in [6.07, 6.45) is 8.51. The zero-order chi connectivity index (χ0) is 9.26. The van der Waals surface area contributed by atoms with Gasteiger partial charge in [-0.25, -0.2) is 4.39 Å². The molecule has 0 amide bonds. The Morgan fingerprint density at radius 2 is 1.92 bits per heavy atom. The van der Waals surface area contributed by atoms with Gasteiger partial charge in [-0.05, 0) is 30.6 Å². The molecule has 0 aromatic rings. The van der Waals surface area contributed by atoms with Crippen molar-refractivity contribution in [1.29, 1.82) is 0 Å². The highest BCUT2D eigenvalue weighted by atomic mass is 19.1. The van der Waals surface area contributed by atoms with Crippen molar-refractivity contribution in [2.75, 3.05) is 0 Å². The van der Waals surface area contributed by atoms with E-state index in [9.17, 15) is 4.39 Å². The summed E-state index contributed by atoms with van der Waals surface area (Å²) in [5, 5.41) is 0. The molecule has 0 bridgehead atoms. The number of halogens is 1. The zero-order valence-electron chi connectivity index (χ0n) is 8.64. The molecule has 2 rings (SSSR count). The van der Waals surface area contributed by atoms with Gasteiger partial charge in [0.1, 0.15) is 6.17 Å². The third-order valence-corrected chi connectivity index (χ3v) is 4.07. The third kappa shape index (κ3) is 2.24. The highest BCUT2D eigenvalue weighted by Gasteiger charge is 2.43. The lowest BCUT2D eigenvalue weighted by Gasteiger charge is -2.12. The van der Waals surface area contributed by atoms with Crippen LogP contribution in [0.25, 0.3) is 0 Å². The van der Waals surface area contributed by atoms with E-state index in [4.69, 9.17) is 0 Å². The maximum absolute atomic E-state index is 12.9. The Balaban J connectivity index is 1.80. The van der Waals surface area contributed by atoms with Gasteiger partial charge in [-0.3, -0.25) is 0 Å². The molecule has 0 nitrogen and oxygen atoms in total. The molecule has 0 aromatic carbocycles. The molecule has 0 heterocycles. The van der Waals surface area contributed by atoms with Crippen LogP contribution in [0, 0.1) is 17.8 Å². The van der Waals surface area contributed by atoms with Crippen molar-refractivity contribution in [3.8, 4) is 0 Å². The van der Waals surface area contributed by atoms with E-state index in [-0.39, 0.29) is 0 Å². The first-order chi connectivity index (χ1) is 6.31. The Kier molecular flexibility index (Phi) is 2.90. The molecule has 0 N–H and O–H groups in total. The van der Waals surface area contributed by atoms with Crippen LogP contribution in [0.15, 0.2) is 0 Å². The topological polar surface area (TPSA) is 0 Å². The first kappa shape index (κ1) is 9.48. The second kappa shape index (κ2) is 3.98. The SMILES string of the molecule is CCC1CCCC(C2CC2F)CC1. The number of hydrogen-bond donors (Lipinski definition) is 0. The van der Waals surface area contributed by atoms with Crippen molar-refractivity contribution < 1.29 is 4.39 Å². The van der Waals surface area contributed by atoms with Gasteiger partial charge in [0.15, 0.2) is 0 Å². The highest BCUT2D eigenvalue weighted by Crippen LogP contribution is 2.46. The van der Waals surface area contributed by atoms with Gasteiger partial charge >= 0.3 is 0 Å². The molecule has 4 unspecified atom stereocenters. The van der Waals surface area contributed by atoms with Crippen LogP contribution >= 0.6 is 0 Å². The van der Waals surface area contributed by atoms with E-state index in [1.54, 1.807) is 0 Å². The fraction of sp³-hybridized carbons (Fsp3) is 1.00. The summed E-state index contributed by atoms with van der Waals surface area (Å²) in [5.41, 5.74) is 0. The van der Waals surface area contributed by atoms with E-state index < -0.39 is 6.17 Å². The molecule has 0 saturated heterocycles. The Hall–Kier alpha value is -0.0700. The molecule has 4 atom stereocenters. The largest absolute Gasteiger partial charge is 0.247 e. The van der Waals surface area contributed by atoms with Gasteiger partial charge in [-0.15, -0.1) is 0 Å². The van der Waals surface area contributed by atoms with E-state index in [0.29, 0.717) is 5.92 Å². The van der Waals surface area contributed by atoms with E-state index in [2.05, 4.69) is 6.92 Å². The van der Waals surface area contributed by atoms with Crippen LogP contribution in [0.1, 0.15) is 51.9 Å². The van der Waals surface area contributed by atoms with E-state index in [0.717, 1.165) is 18.3 Å². The molecular formula is C12H21F. The molecule has 76 valence electrons. The fourth-order valence-corrected chi connectivity index (χ4v) is 2.91. The van der Waals surface area contributed by atoms with Crippen LogP contribution in [0.3, 0.4) is 0 Å². The van der Waals surface area contributed by atoms with Crippen molar-refractivity contribution >= 4 is 0 Å². The van der Waals surface area contributed by atoms with Gasteiger partial charge < -0.3 is 0 Å². The normalized spacial score (nSPS) is 45.7. The molecule has 1 heteroatoms.